The Kier molecular flexibility index (Phi) is 4.54. The molecule has 0 bridgehead atoms. The molecule has 18 heavy (non-hydrogen) atoms. The molecule has 4 heteroatoms. The molecule has 0 N–H and O–H groups in total. The summed E-state index contributed by atoms with van der Waals surface area (Å²) in [6.45, 7) is 4.33. The fraction of sp³-hybridized carbons (Fsp3) is 0.429. The molecule has 98 valence electrons. The fourth-order valence-electron chi connectivity index (χ4n) is 2.35. The maximum Gasteiger partial charge on any atom is 0.0800 e. The highest BCUT2D eigenvalue weighted by molar-refractivity contribution is 6.55. The molecule has 0 amide bonds. The van der Waals surface area contributed by atoms with Gasteiger partial charge in [0.25, 0.3) is 0 Å². The molecule has 0 saturated heterocycles. The van der Waals surface area contributed by atoms with Gasteiger partial charge in [-0.25, -0.2) is 0 Å². The third kappa shape index (κ3) is 2.29. The molecular weight excluding hydrogens is 310 g/mol. The van der Waals surface area contributed by atoms with Gasteiger partial charge in [0.2, 0.25) is 0 Å². The van der Waals surface area contributed by atoms with E-state index in [4.69, 9.17) is 46.4 Å². The number of hydrogen-bond donors (Lipinski definition) is 0. The Bertz CT molecular complexity index is 474. The van der Waals surface area contributed by atoms with E-state index in [1.54, 1.807) is 0 Å². The van der Waals surface area contributed by atoms with E-state index in [1.165, 1.54) is 16.7 Å². The van der Waals surface area contributed by atoms with Crippen LogP contribution in [0.3, 0.4) is 0 Å². The summed E-state index contributed by atoms with van der Waals surface area (Å²) in [5, 5.41) is 1.71. The van der Waals surface area contributed by atoms with E-state index < -0.39 is 0 Å². The molecule has 0 spiro atoms. The highest BCUT2D eigenvalue weighted by Crippen LogP contribution is 2.55. The van der Waals surface area contributed by atoms with Crippen LogP contribution in [0.1, 0.15) is 39.5 Å². The SMILES string of the molecule is CCCC1=C(CCC)C1=C1C(Cl)=C(Cl)C(Cl)=C1Cl. The summed E-state index contributed by atoms with van der Waals surface area (Å²) >= 11 is 24.6. The van der Waals surface area contributed by atoms with Gasteiger partial charge in [0.05, 0.1) is 20.1 Å². The van der Waals surface area contributed by atoms with Gasteiger partial charge in [0.15, 0.2) is 0 Å². The summed E-state index contributed by atoms with van der Waals surface area (Å²) in [6.07, 6.45) is 4.36. The predicted octanol–water partition coefficient (Wildman–Crippen LogP) is 6.59. The zero-order chi connectivity index (χ0) is 13.4. The maximum atomic E-state index is 6.24. The number of rotatable bonds is 4. The van der Waals surface area contributed by atoms with Gasteiger partial charge in [-0.2, -0.15) is 0 Å². The topological polar surface area (TPSA) is 0 Å². The highest BCUT2D eigenvalue weighted by Gasteiger charge is 2.37. The molecule has 2 rings (SSSR count). The molecule has 0 aromatic carbocycles. The van der Waals surface area contributed by atoms with Crippen molar-refractivity contribution in [2.45, 2.75) is 39.5 Å². The molecule has 0 saturated carbocycles. The van der Waals surface area contributed by atoms with Crippen LogP contribution in [0.2, 0.25) is 0 Å². The van der Waals surface area contributed by atoms with Crippen molar-refractivity contribution in [1.82, 2.24) is 0 Å². The van der Waals surface area contributed by atoms with Crippen LogP contribution in [0, 0.1) is 0 Å². The molecule has 0 aliphatic heterocycles. The molecule has 2 aliphatic rings. The average Bonchev–Trinajstić information content (AvgIpc) is 2.96. The highest BCUT2D eigenvalue weighted by atomic mass is 35.5. The van der Waals surface area contributed by atoms with Gasteiger partial charge < -0.3 is 0 Å². The Morgan fingerprint density at radius 2 is 1.00 bits per heavy atom. The fourth-order valence-corrected chi connectivity index (χ4v) is 3.44. The van der Waals surface area contributed by atoms with Crippen molar-refractivity contribution in [2.75, 3.05) is 0 Å². The molecule has 2 aliphatic carbocycles. The second-order valence-electron chi connectivity index (χ2n) is 4.46. The quantitative estimate of drug-likeness (QED) is 0.547. The van der Waals surface area contributed by atoms with Crippen molar-refractivity contribution >= 4 is 46.4 Å². The van der Waals surface area contributed by atoms with E-state index in [1.807, 2.05) is 0 Å². The molecule has 0 atom stereocenters. The molecule has 0 radical (unpaired) electrons. The smallest absolute Gasteiger partial charge is 0.0800 e. The minimum Gasteiger partial charge on any atom is -0.0819 e. The molecule has 0 nitrogen and oxygen atoms in total. The molecule has 0 unspecified atom stereocenters. The monoisotopic (exact) mass is 322 g/mol. The second kappa shape index (κ2) is 5.63. The van der Waals surface area contributed by atoms with Crippen molar-refractivity contribution in [2.24, 2.45) is 0 Å². The molecule has 0 fully saturated rings. The Balaban J connectivity index is 2.41. The summed E-state index contributed by atoms with van der Waals surface area (Å²) in [6, 6.07) is 0. The Hall–Kier alpha value is 0.120. The molecule has 0 heterocycles. The van der Waals surface area contributed by atoms with Crippen molar-refractivity contribution in [3.05, 3.63) is 42.4 Å². The summed E-state index contributed by atoms with van der Waals surface area (Å²) < 4.78 is 0. The van der Waals surface area contributed by atoms with E-state index in [9.17, 15) is 0 Å². The normalized spacial score (nSPS) is 19.7. The van der Waals surface area contributed by atoms with E-state index in [0.717, 1.165) is 31.3 Å². The van der Waals surface area contributed by atoms with Crippen LogP contribution in [0.5, 0.6) is 0 Å². The Morgan fingerprint density at radius 1 is 0.611 bits per heavy atom. The third-order valence-electron chi connectivity index (χ3n) is 3.17. The van der Waals surface area contributed by atoms with Gasteiger partial charge in [-0.3, -0.25) is 0 Å². The average molecular weight is 324 g/mol. The zero-order valence-corrected chi connectivity index (χ0v) is 13.4. The first-order valence-electron chi connectivity index (χ1n) is 6.13. The first-order chi connectivity index (χ1) is 8.54. The van der Waals surface area contributed by atoms with Gasteiger partial charge in [-0.15, -0.1) is 0 Å². The van der Waals surface area contributed by atoms with Gasteiger partial charge in [-0.05, 0) is 29.6 Å². The third-order valence-corrected chi connectivity index (χ3v) is 4.97. The zero-order valence-electron chi connectivity index (χ0n) is 10.3. The summed E-state index contributed by atoms with van der Waals surface area (Å²) in [5.74, 6) is 0. The van der Waals surface area contributed by atoms with Crippen LogP contribution in [0.25, 0.3) is 0 Å². The summed E-state index contributed by atoms with van der Waals surface area (Å²) in [5.41, 5.74) is 4.81. The van der Waals surface area contributed by atoms with Gasteiger partial charge >= 0.3 is 0 Å². The van der Waals surface area contributed by atoms with Gasteiger partial charge in [0, 0.05) is 5.57 Å². The number of allylic oxidation sites excluding steroid dienone is 8. The van der Waals surface area contributed by atoms with Crippen molar-refractivity contribution in [1.29, 1.82) is 0 Å². The van der Waals surface area contributed by atoms with Gasteiger partial charge in [-0.1, -0.05) is 73.1 Å². The standard InChI is InChI=1S/C14H14Cl4/c1-3-5-7-8(6-4-2)9(7)10-11(15)13(17)14(18)12(10)16/h3-6H2,1-2H3. The Morgan fingerprint density at radius 3 is 1.33 bits per heavy atom. The lowest BCUT2D eigenvalue weighted by molar-refractivity contribution is 0.921. The van der Waals surface area contributed by atoms with Crippen LogP contribution in [-0.4, -0.2) is 0 Å². The molecule has 0 aromatic heterocycles. The van der Waals surface area contributed by atoms with Crippen LogP contribution < -0.4 is 0 Å². The van der Waals surface area contributed by atoms with Gasteiger partial charge in [0.1, 0.15) is 0 Å². The van der Waals surface area contributed by atoms with Crippen molar-refractivity contribution < 1.29 is 0 Å². The van der Waals surface area contributed by atoms with Crippen LogP contribution >= 0.6 is 46.4 Å². The summed E-state index contributed by atoms with van der Waals surface area (Å²) in [4.78, 5) is 0. The Labute approximate surface area is 128 Å². The van der Waals surface area contributed by atoms with E-state index >= 15 is 0 Å². The largest absolute Gasteiger partial charge is 0.0819 e. The maximum absolute atomic E-state index is 6.24. The summed E-state index contributed by atoms with van der Waals surface area (Å²) in [7, 11) is 0. The number of hydrogen-bond acceptors (Lipinski definition) is 0. The van der Waals surface area contributed by atoms with Crippen LogP contribution in [0.4, 0.5) is 0 Å². The van der Waals surface area contributed by atoms with Crippen molar-refractivity contribution in [3.63, 3.8) is 0 Å². The molecular formula is C14H14Cl4. The minimum absolute atomic E-state index is 0.365. The van der Waals surface area contributed by atoms with E-state index in [0.29, 0.717) is 20.1 Å². The number of halogens is 4. The minimum atomic E-state index is 0.365. The van der Waals surface area contributed by atoms with E-state index in [-0.39, 0.29) is 0 Å². The first kappa shape index (κ1) is 14.5. The lowest BCUT2D eigenvalue weighted by Crippen LogP contribution is -1.82. The van der Waals surface area contributed by atoms with Crippen molar-refractivity contribution in [3.8, 4) is 0 Å². The van der Waals surface area contributed by atoms with Crippen LogP contribution in [-0.2, 0) is 0 Å². The predicted molar refractivity (Wildman–Crippen MR) is 81.3 cm³/mol. The first-order valence-corrected chi connectivity index (χ1v) is 7.64. The lowest BCUT2D eigenvalue weighted by atomic mass is 10.1. The van der Waals surface area contributed by atoms with E-state index in [2.05, 4.69) is 13.8 Å². The lowest BCUT2D eigenvalue weighted by Gasteiger charge is -2.00. The van der Waals surface area contributed by atoms with Crippen LogP contribution in [0.15, 0.2) is 42.4 Å². The second-order valence-corrected chi connectivity index (χ2v) is 5.97. The molecule has 0 aromatic rings.